The van der Waals surface area contributed by atoms with Crippen molar-refractivity contribution in [2.24, 2.45) is 5.92 Å². The van der Waals surface area contributed by atoms with Gasteiger partial charge in [0.05, 0.1) is 12.2 Å². The molecule has 1 fully saturated rings. The highest BCUT2D eigenvalue weighted by Gasteiger charge is 2.40. The molecule has 0 radical (unpaired) electrons. The van der Waals surface area contributed by atoms with E-state index in [1.54, 1.807) is 0 Å². The van der Waals surface area contributed by atoms with Gasteiger partial charge in [-0.25, -0.2) is 4.39 Å². The van der Waals surface area contributed by atoms with Gasteiger partial charge in [0.2, 0.25) is 0 Å². The molecular formula is C14H17F4NO. The minimum absolute atomic E-state index is 0.0784. The molecule has 2 rings (SSSR count). The van der Waals surface area contributed by atoms with Gasteiger partial charge in [-0.1, -0.05) is 6.07 Å². The molecule has 1 unspecified atom stereocenters. The molecule has 1 aromatic carbocycles. The number of hydrogen-bond acceptors (Lipinski definition) is 2. The van der Waals surface area contributed by atoms with E-state index < -0.39 is 23.1 Å². The molecule has 0 heterocycles. The molecule has 1 atom stereocenters. The van der Waals surface area contributed by atoms with Gasteiger partial charge < -0.3 is 10.4 Å². The van der Waals surface area contributed by atoms with E-state index in [1.807, 2.05) is 6.92 Å². The van der Waals surface area contributed by atoms with Gasteiger partial charge in [-0.2, -0.15) is 13.2 Å². The molecule has 0 bridgehead atoms. The molecule has 112 valence electrons. The second-order valence-corrected chi connectivity index (χ2v) is 5.52. The molecule has 0 aliphatic heterocycles. The summed E-state index contributed by atoms with van der Waals surface area (Å²) >= 11 is 0. The zero-order valence-electron chi connectivity index (χ0n) is 11.1. The summed E-state index contributed by atoms with van der Waals surface area (Å²) in [5.41, 5.74) is -1.40. The lowest BCUT2D eigenvalue weighted by molar-refractivity contribution is -0.140. The highest BCUT2D eigenvalue weighted by atomic mass is 19.4. The maximum absolute atomic E-state index is 13.2. The summed E-state index contributed by atoms with van der Waals surface area (Å²) in [6.45, 7) is 1.93. The zero-order valence-corrected chi connectivity index (χ0v) is 11.1. The molecule has 2 N–H and O–H groups in total. The van der Waals surface area contributed by atoms with Crippen LogP contribution in [0.2, 0.25) is 0 Å². The third kappa shape index (κ3) is 3.30. The van der Waals surface area contributed by atoms with Crippen LogP contribution in [0, 0.1) is 11.7 Å². The van der Waals surface area contributed by atoms with Crippen molar-refractivity contribution in [1.82, 2.24) is 5.32 Å². The van der Waals surface area contributed by atoms with E-state index >= 15 is 0 Å². The summed E-state index contributed by atoms with van der Waals surface area (Å²) in [6.07, 6.45) is -2.70. The van der Waals surface area contributed by atoms with Gasteiger partial charge in [-0.3, -0.25) is 0 Å². The van der Waals surface area contributed by atoms with E-state index in [9.17, 15) is 22.7 Å². The first-order valence-electron chi connectivity index (χ1n) is 6.48. The molecule has 0 aromatic heterocycles. The van der Waals surface area contributed by atoms with E-state index in [-0.39, 0.29) is 13.2 Å². The van der Waals surface area contributed by atoms with E-state index in [4.69, 9.17) is 0 Å². The average molecular weight is 291 g/mol. The summed E-state index contributed by atoms with van der Waals surface area (Å²) in [4.78, 5) is 0. The summed E-state index contributed by atoms with van der Waals surface area (Å²) in [6, 6.07) is 2.96. The Morgan fingerprint density at radius 2 is 1.95 bits per heavy atom. The standard InChI is InChI=1S/C14H17F4NO/c1-13(8-20,10-3-4-10)19-7-9-2-5-12(15)11(6-9)14(16,17)18/h2,5-6,10,19-20H,3-4,7-8H2,1H3. The van der Waals surface area contributed by atoms with Gasteiger partial charge in [0, 0.05) is 12.1 Å². The van der Waals surface area contributed by atoms with Crippen molar-refractivity contribution in [3.63, 3.8) is 0 Å². The Balaban J connectivity index is 2.10. The third-order valence-electron chi connectivity index (χ3n) is 3.84. The molecule has 6 heteroatoms. The maximum Gasteiger partial charge on any atom is 0.419 e. The monoisotopic (exact) mass is 291 g/mol. The lowest BCUT2D eigenvalue weighted by Crippen LogP contribution is -2.47. The van der Waals surface area contributed by atoms with E-state index in [0.29, 0.717) is 11.5 Å². The zero-order chi connectivity index (χ0) is 15.0. The molecule has 1 aliphatic carbocycles. The molecule has 0 amide bonds. The number of halogens is 4. The highest BCUT2D eigenvalue weighted by molar-refractivity contribution is 5.27. The quantitative estimate of drug-likeness (QED) is 0.817. The predicted octanol–water partition coefficient (Wildman–Crippen LogP) is 3.10. The Bertz CT molecular complexity index is 485. The first-order valence-corrected chi connectivity index (χ1v) is 6.48. The molecule has 1 aliphatic rings. The molecule has 1 aromatic rings. The van der Waals surface area contributed by atoms with E-state index in [1.165, 1.54) is 6.07 Å². The van der Waals surface area contributed by atoms with Crippen LogP contribution in [0.25, 0.3) is 0 Å². The number of aliphatic hydroxyl groups excluding tert-OH is 1. The van der Waals surface area contributed by atoms with Crippen molar-refractivity contribution in [1.29, 1.82) is 0 Å². The van der Waals surface area contributed by atoms with Crippen molar-refractivity contribution < 1.29 is 22.7 Å². The first-order chi connectivity index (χ1) is 9.26. The number of aliphatic hydroxyl groups is 1. The Labute approximate surface area is 114 Å². The van der Waals surface area contributed by atoms with Crippen molar-refractivity contribution in [2.45, 2.75) is 38.0 Å². The smallest absolute Gasteiger partial charge is 0.394 e. The molecular weight excluding hydrogens is 274 g/mol. The van der Waals surface area contributed by atoms with Gasteiger partial charge in [-0.15, -0.1) is 0 Å². The van der Waals surface area contributed by atoms with E-state index in [0.717, 1.165) is 25.0 Å². The van der Waals surface area contributed by atoms with Gasteiger partial charge in [0.15, 0.2) is 0 Å². The largest absolute Gasteiger partial charge is 0.419 e. The van der Waals surface area contributed by atoms with Crippen molar-refractivity contribution in [2.75, 3.05) is 6.61 Å². The van der Waals surface area contributed by atoms with Crippen LogP contribution in [0.3, 0.4) is 0 Å². The van der Waals surface area contributed by atoms with Crippen molar-refractivity contribution in [3.05, 3.63) is 35.1 Å². The van der Waals surface area contributed by atoms with Crippen LogP contribution in [-0.2, 0) is 12.7 Å². The van der Waals surface area contributed by atoms with Crippen LogP contribution in [0.5, 0.6) is 0 Å². The van der Waals surface area contributed by atoms with Gasteiger partial charge in [0.1, 0.15) is 5.82 Å². The topological polar surface area (TPSA) is 32.3 Å². The normalized spacial score (nSPS) is 18.9. The van der Waals surface area contributed by atoms with Crippen molar-refractivity contribution >= 4 is 0 Å². The number of hydrogen-bond donors (Lipinski definition) is 2. The summed E-state index contributed by atoms with van der Waals surface area (Å²) in [5, 5.41) is 12.5. The number of alkyl halides is 3. The fraction of sp³-hybridized carbons (Fsp3) is 0.571. The Morgan fingerprint density at radius 1 is 1.30 bits per heavy atom. The SMILES string of the molecule is CC(CO)(NCc1ccc(F)c(C(F)(F)F)c1)C1CC1. The van der Waals surface area contributed by atoms with Crippen LogP contribution in [0.4, 0.5) is 17.6 Å². The molecule has 0 saturated heterocycles. The highest BCUT2D eigenvalue weighted by Crippen LogP contribution is 2.39. The summed E-state index contributed by atoms with van der Waals surface area (Å²) < 4.78 is 51.0. The van der Waals surface area contributed by atoms with Crippen LogP contribution >= 0.6 is 0 Å². The lowest BCUT2D eigenvalue weighted by atomic mass is 9.96. The third-order valence-corrected chi connectivity index (χ3v) is 3.84. The summed E-state index contributed by atoms with van der Waals surface area (Å²) in [5.74, 6) is -0.927. The molecule has 2 nitrogen and oxygen atoms in total. The van der Waals surface area contributed by atoms with Crippen molar-refractivity contribution in [3.8, 4) is 0 Å². The van der Waals surface area contributed by atoms with Gasteiger partial charge >= 0.3 is 6.18 Å². The van der Waals surface area contributed by atoms with Gasteiger partial charge in [-0.05, 0) is 43.4 Å². The van der Waals surface area contributed by atoms with Crippen LogP contribution in [0.15, 0.2) is 18.2 Å². The Hall–Kier alpha value is -1.14. The number of benzene rings is 1. The minimum Gasteiger partial charge on any atom is -0.394 e. The molecule has 0 spiro atoms. The van der Waals surface area contributed by atoms with Gasteiger partial charge in [0.25, 0.3) is 0 Å². The van der Waals surface area contributed by atoms with Crippen LogP contribution < -0.4 is 5.32 Å². The predicted molar refractivity (Wildman–Crippen MR) is 66.5 cm³/mol. The molecule has 20 heavy (non-hydrogen) atoms. The maximum atomic E-state index is 13.2. The van der Waals surface area contributed by atoms with E-state index in [2.05, 4.69) is 5.32 Å². The molecule has 1 saturated carbocycles. The first kappa shape index (κ1) is 15.3. The number of rotatable bonds is 5. The van der Waals surface area contributed by atoms with Crippen LogP contribution in [-0.4, -0.2) is 17.3 Å². The Morgan fingerprint density at radius 3 is 2.45 bits per heavy atom. The number of nitrogens with one attached hydrogen (secondary N) is 1. The second kappa shape index (κ2) is 5.33. The van der Waals surface area contributed by atoms with Crippen LogP contribution in [0.1, 0.15) is 30.9 Å². The lowest BCUT2D eigenvalue weighted by Gasteiger charge is -2.29. The summed E-state index contributed by atoms with van der Waals surface area (Å²) in [7, 11) is 0. The fourth-order valence-corrected chi connectivity index (χ4v) is 2.25. The second-order valence-electron chi connectivity index (χ2n) is 5.52. The average Bonchev–Trinajstić information content (AvgIpc) is 3.20. The minimum atomic E-state index is -4.70. The fourth-order valence-electron chi connectivity index (χ4n) is 2.25. The Kier molecular flexibility index (Phi) is 4.07.